The Balaban J connectivity index is 1.61. The standard InChI is InChI=1S/C26H27N5O3S/c1-5-15-30-24(33)21(16-22(32)27-19-13-11-17(2)12-14-19)35-26(30)28-23-18(3)29(4)31(25(23)34)20-9-7-6-8-10-20/h5-14,21H,1,15-16H2,2-4H3,(H,27,32)/t21-/m1/s1. The van der Waals surface area contributed by atoms with Crippen molar-refractivity contribution in [1.82, 2.24) is 14.3 Å². The van der Waals surface area contributed by atoms with Crippen LogP contribution in [-0.2, 0) is 16.6 Å². The van der Waals surface area contributed by atoms with Crippen molar-refractivity contribution in [1.29, 1.82) is 0 Å². The van der Waals surface area contributed by atoms with E-state index in [0.29, 0.717) is 16.5 Å². The first kappa shape index (κ1) is 24.3. The van der Waals surface area contributed by atoms with Crippen LogP contribution in [0.3, 0.4) is 0 Å². The average Bonchev–Trinajstić information content (AvgIpc) is 3.24. The van der Waals surface area contributed by atoms with Crippen LogP contribution in [-0.4, -0.2) is 43.0 Å². The molecule has 0 saturated carbocycles. The first-order valence-corrected chi connectivity index (χ1v) is 12.1. The Morgan fingerprint density at radius 2 is 1.80 bits per heavy atom. The number of para-hydroxylation sites is 1. The molecule has 0 unspecified atom stereocenters. The second-order valence-electron chi connectivity index (χ2n) is 8.27. The van der Waals surface area contributed by atoms with Gasteiger partial charge in [0, 0.05) is 25.7 Å². The normalized spacial score (nSPS) is 16.7. The summed E-state index contributed by atoms with van der Waals surface area (Å²) in [6, 6.07) is 16.8. The largest absolute Gasteiger partial charge is 0.326 e. The molecular formula is C26H27N5O3S. The maximum absolute atomic E-state index is 13.3. The van der Waals surface area contributed by atoms with Gasteiger partial charge in [-0.05, 0) is 38.1 Å². The zero-order chi connectivity index (χ0) is 25.1. The number of nitrogens with zero attached hydrogens (tertiary/aromatic N) is 4. The van der Waals surface area contributed by atoms with Crippen LogP contribution in [0.4, 0.5) is 11.4 Å². The summed E-state index contributed by atoms with van der Waals surface area (Å²) in [6.45, 7) is 7.75. The van der Waals surface area contributed by atoms with Crippen LogP contribution in [0.1, 0.15) is 17.7 Å². The number of rotatable bonds is 7. The van der Waals surface area contributed by atoms with E-state index in [0.717, 1.165) is 11.3 Å². The average molecular weight is 490 g/mol. The Morgan fingerprint density at radius 1 is 1.11 bits per heavy atom. The van der Waals surface area contributed by atoms with Gasteiger partial charge in [0.05, 0.1) is 11.4 Å². The summed E-state index contributed by atoms with van der Waals surface area (Å²) in [7, 11) is 1.79. The SMILES string of the molecule is C=CCN1C(=O)[C@@H](CC(=O)Nc2ccc(C)cc2)SC1=Nc1c(C)n(C)n(-c2ccccc2)c1=O. The minimum absolute atomic E-state index is 0.00788. The van der Waals surface area contributed by atoms with Gasteiger partial charge >= 0.3 is 0 Å². The third kappa shape index (κ3) is 5.00. The number of aromatic nitrogens is 2. The zero-order valence-electron chi connectivity index (χ0n) is 19.9. The summed E-state index contributed by atoms with van der Waals surface area (Å²) in [4.78, 5) is 45.1. The maximum atomic E-state index is 13.3. The molecule has 1 fully saturated rings. The lowest BCUT2D eigenvalue weighted by Crippen LogP contribution is -2.33. The molecule has 1 N–H and O–H groups in total. The molecule has 1 aliphatic rings. The molecule has 3 aromatic rings. The summed E-state index contributed by atoms with van der Waals surface area (Å²) >= 11 is 1.19. The van der Waals surface area contributed by atoms with Gasteiger partial charge in [0.15, 0.2) is 10.9 Å². The molecule has 2 heterocycles. The molecule has 1 saturated heterocycles. The fourth-order valence-corrected chi connectivity index (χ4v) is 4.97. The lowest BCUT2D eigenvalue weighted by molar-refractivity contribution is -0.127. The third-order valence-corrected chi connectivity index (χ3v) is 6.94. The van der Waals surface area contributed by atoms with Crippen LogP contribution >= 0.6 is 11.8 Å². The van der Waals surface area contributed by atoms with Crippen molar-refractivity contribution >= 4 is 40.1 Å². The summed E-state index contributed by atoms with van der Waals surface area (Å²) < 4.78 is 3.28. The summed E-state index contributed by atoms with van der Waals surface area (Å²) in [5.41, 5.74) is 3.13. The van der Waals surface area contributed by atoms with Gasteiger partial charge in [-0.25, -0.2) is 9.67 Å². The van der Waals surface area contributed by atoms with Gasteiger partial charge in [0.1, 0.15) is 5.25 Å². The van der Waals surface area contributed by atoms with E-state index in [1.165, 1.54) is 16.7 Å². The Kier molecular flexibility index (Phi) is 7.07. The van der Waals surface area contributed by atoms with Crippen LogP contribution in [0.25, 0.3) is 5.69 Å². The van der Waals surface area contributed by atoms with E-state index in [4.69, 9.17) is 0 Å². The number of carbonyl (C=O) groups is 2. The van der Waals surface area contributed by atoms with Gasteiger partial charge in [-0.15, -0.1) is 6.58 Å². The molecule has 0 bridgehead atoms. The molecule has 4 rings (SSSR count). The molecule has 8 nitrogen and oxygen atoms in total. The van der Waals surface area contributed by atoms with Crippen molar-refractivity contribution < 1.29 is 9.59 Å². The number of amidine groups is 1. The van der Waals surface area contributed by atoms with E-state index in [1.807, 2.05) is 68.4 Å². The minimum Gasteiger partial charge on any atom is -0.326 e. The summed E-state index contributed by atoms with van der Waals surface area (Å²) in [6.07, 6.45) is 1.59. The third-order valence-electron chi connectivity index (χ3n) is 5.77. The number of hydrogen-bond donors (Lipinski definition) is 1. The fraction of sp³-hybridized carbons (Fsp3) is 0.231. The number of aliphatic imine (C=N–C) groups is 1. The van der Waals surface area contributed by atoms with Crippen molar-refractivity contribution in [2.45, 2.75) is 25.5 Å². The zero-order valence-corrected chi connectivity index (χ0v) is 20.7. The fourth-order valence-electron chi connectivity index (χ4n) is 3.82. The highest BCUT2D eigenvalue weighted by molar-refractivity contribution is 8.15. The molecule has 2 aromatic carbocycles. The molecule has 1 atom stereocenters. The molecule has 0 aliphatic carbocycles. The quantitative estimate of drug-likeness (QED) is 0.509. The predicted molar refractivity (Wildman–Crippen MR) is 141 cm³/mol. The van der Waals surface area contributed by atoms with E-state index in [9.17, 15) is 14.4 Å². The van der Waals surface area contributed by atoms with E-state index in [1.54, 1.807) is 22.5 Å². The van der Waals surface area contributed by atoms with Gasteiger partial charge in [-0.2, -0.15) is 0 Å². The number of nitrogens with one attached hydrogen (secondary N) is 1. The molecule has 180 valence electrons. The molecule has 9 heteroatoms. The highest BCUT2D eigenvalue weighted by Gasteiger charge is 2.39. The first-order valence-electron chi connectivity index (χ1n) is 11.2. The van der Waals surface area contributed by atoms with Gasteiger partial charge in [0.2, 0.25) is 11.8 Å². The lowest BCUT2D eigenvalue weighted by Gasteiger charge is -2.13. The van der Waals surface area contributed by atoms with Gasteiger partial charge in [-0.1, -0.05) is 53.7 Å². The molecule has 1 aliphatic heterocycles. The number of amides is 2. The van der Waals surface area contributed by atoms with Crippen LogP contribution in [0.2, 0.25) is 0 Å². The summed E-state index contributed by atoms with van der Waals surface area (Å²) in [5.74, 6) is -0.494. The highest BCUT2D eigenvalue weighted by atomic mass is 32.2. The molecular weight excluding hydrogens is 462 g/mol. The Bertz CT molecular complexity index is 1360. The van der Waals surface area contributed by atoms with Crippen molar-refractivity contribution in [3.8, 4) is 5.69 Å². The Morgan fingerprint density at radius 3 is 2.46 bits per heavy atom. The number of carbonyl (C=O) groups excluding carboxylic acids is 2. The number of thioether (sulfide) groups is 1. The van der Waals surface area contributed by atoms with Crippen LogP contribution < -0.4 is 10.9 Å². The Labute approximate surface area is 207 Å². The Hall–Kier alpha value is -3.85. The van der Waals surface area contributed by atoms with Gasteiger partial charge in [0.25, 0.3) is 5.56 Å². The highest BCUT2D eigenvalue weighted by Crippen LogP contribution is 2.32. The van der Waals surface area contributed by atoms with E-state index >= 15 is 0 Å². The van der Waals surface area contributed by atoms with E-state index < -0.39 is 5.25 Å². The molecule has 0 radical (unpaired) electrons. The second-order valence-corrected chi connectivity index (χ2v) is 9.44. The topological polar surface area (TPSA) is 88.7 Å². The van der Waals surface area contributed by atoms with Crippen LogP contribution in [0.5, 0.6) is 0 Å². The van der Waals surface area contributed by atoms with Crippen molar-refractivity contribution in [3.05, 3.63) is 88.9 Å². The predicted octanol–water partition coefficient (Wildman–Crippen LogP) is 3.94. The lowest BCUT2D eigenvalue weighted by atomic mass is 10.2. The van der Waals surface area contributed by atoms with Crippen LogP contribution in [0.15, 0.2) is 77.0 Å². The van der Waals surface area contributed by atoms with Crippen LogP contribution in [0, 0.1) is 13.8 Å². The van der Waals surface area contributed by atoms with Gasteiger partial charge < -0.3 is 5.32 Å². The molecule has 2 amide bonds. The maximum Gasteiger partial charge on any atom is 0.297 e. The van der Waals surface area contributed by atoms with Gasteiger partial charge in [-0.3, -0.25) is 24.0 Å². The smallest absolute Gasteiger partial charge is 0.297 e. The number of benzene rings is 2. The number of hydrogen-bond acceptors (Lipinski definition) is 5. The van der Waals surface area contributed by atoms with E-state index in [2.05, 4.69) is 16.9 Å². The van der Waals surface area contributed by atoms with Crippen molar-refractivity contribution in [2.75, 3.05) is 11.9 Å². The molecule has 35 heavy (non-hydrogen) atoms. The monoisotopic (exact) mass is 489 g/mol. The number of anilines is 1. The second kappa shape index (κ2) is 10.2. The van der Waals surface area contributed by atoms with Crippen molar-refractivity contribution in [3.63, 3.8) is 0 Å². The van der Waals surface area contributed by atoms with E-state index in [-0.39, 0.29) is 36.0 Å². The van der Waals surface area contributed by atoms with Crippen molar-refractivity contribution in [2.24, 2.45) is 12.0 Å². The number of aryl methyl sites for hydroxylation is 1. The molecule has 0 spiro atoms. The minimum atomic E-state index is -0.639. The molecule has 1 aromatic heterocycles. The first-order chi connectivity index (χ1) is 16.8. The summed E-state index contributed by atoms with van der Waals surface area (Å²) in [5, 5.41) is 2.58.